The fraction of sp³-hybridized carbons (Fsp3) is 0.200. The molecule has 0 atom stereocenters. The standard InChI is InChI=1S/C15H12F3N3O2/c1-22-9-21-7-6-19-14(21)13-4-2-10-8-11(23-15(16,17)18)3-5-12(10)20-13/h2-8H,9H2,1H3. The molecule has 3 rings (SSSR count). The molecule has 0 bridgehead atoms. The van der Waals surface area contributed by atoms with Gasteiger partial charge in [-0.2, -0.15) is 0 Å². The zero-order valence-electron chi connectivity index (χ0n) is 12.0. The van der Waals surface area contributed by atoms with Gasteiger partial charge < -0.3 is 14.0 Å². The van der Waals surface area contributed by atoms with Crippen LogP contribution in [0.4, 0.5) is 13.2 Å². The maximum absolute atomic E-state index is 12.2. The van der Waals surface area contributed by atoms with Crippen LogP contribution in [0, 0.1) is 0 Å². The number of pyridine rings is 1. The molecule has 1 aromatic carbocycles. The minimum atomic E-state index is -4.72. The van der Waals surface area contributed by atoms with E-state index in [1.54, 1.807) is 36.2 Å². The molecular formula is C15H12F3N3O2. The lowest BCUT2D eigenvalue weighted by Gasteiger charge is -2.10. The molecule has 5 nitrogen and oxygen atoms in total. The van der Waals surface area contributed by atoms with Crippen LogP contribution in [0.1, 0.15) is 0 Å². The topological polar surface area (TPSA) is 49.2 Å². The minimum absolute atomic E-state index is 0.277. The Bertz CT molecular complexity index is 830. The van der Waals surface area contributed by atoms with Crippen LogP contribution in [0.15, 0.2) is 42.7 Å². The van der Waals surface area contributed by atoms with Gasteiger partial charge in [0.2, 0.25) is 0 Å². The Kier molecular flexibility index (Phi) is 3.91. The summed E-state index contributed by atoms with van der Waals surface area (Å²) in [5.74, 6) is 0.338. The van der Waals surface area contributed by atoms with E-state index < -0.39 is 6.36 Å². The van der Waals surface area contributed by atoms with Crippen LogP contribution in [-0.4, -0.2) is 28.0 Å². The molecule has 2 aromatic heterocycles. The Hall–Kier alpha value is -2.61. The number of halogens is 3. The number of ether oxygens (including phenoxy) is 2. The zero-order chi connectivity index (χ0) is 16.4. The molecular weight excluding hydrogens is 311 g/mol. The van der Waals surface area contributed by atoms with Crippen molar-refractivity contribution in [2.75, 3.05) is 7.11 Å². The van der Waals surface area contributed by atoms with Gasteiger partial charge in [-0.3, -0.25) is 0 Å². The number of hydrogen-bond donors (Lipinski definition) is 0. The zero-order valence-corrected chi connectivity index (χ0v) is 12.0. The normalized spacial score (nSPS) is 11.8. The summed E-state index contributed by atoms with van der Waals surface area (Å²) in [7, 11) is 1.57. The molecule has 0 aliphatic heterocycles. The van der Waals surface area contributed by atoms with Crippen LogP contribution in [0.3, 0.4) is 0 Å². The summed E-state index contributed by atoms with van der Waals surface area (Å²) < 4.78 is 47.5. The summed E-state index contributed by atoms with van der Waals surface area (Å²) in [6.45, 7) is 0.327. The molecule has 8 heteroatoms. The molecule has 0 aliphatic rings. The van der Waals surface area contributed by atoms with Crippen molar-refractivity contribution in [1.29, 1.82) is 0 Å². The molecule has 0 radical (unpaired) electrons. The monoisotopic (exact) mass is 323 g/mol. The molecule has 2 heterocycles. The average molecular weight is 323 g/mol. The predicted octanol–water partition coefficient (Wildman–Crippen LogP) is 3.60. The SMILES string of the molecule is COCn1ccnc1-c1ccc2cc(OC(F)(F)F)ccc2n1. The molecule has 3 aromatic rings. The van der Waals surface area contributed by atoms with E-state index in [4.69, 9.17) is 4.74 Å². The summed E-state index contributed by atoms with van der Waals surface area (Å²) in [6, 6.07) is 7.36. The van der Waals surface area contributed by atoms with Gasteiger partial charge in [-0.15, -0.1) is 13.2 Å². The van der Waals surface area contributed by atoms with Crippen LogP contribution < -0.4 is 4.74 Å². The summed E-state index contributed by atoms with van der Waals surface area (Å²) in [6.07, 6.45) is -1.34. The van der Waals surface area contributed by atoms with Crippen LogP contribution in [0.2, 0.25) is 0 Å². The van der Waals surface area contributed by atoms with Gasteiger partial charge in [0.15, 0.2) is 5.82 Å². The number of imidazole rings is 1. The average Bonchev–Trinajstić information content (AvgIpc) is 2.94. The number of nitrogens with zero attached hydrogens (tertiary/aromatic N) is 3. The highest BCUT2D eigenvalue weighted by Crippen LogP contribution is 2.27. The minimum Gasteiger partial charge on any atom is -0.406 e. The lowest BCUT2D eigenvalue weighted by Crippen LogP contribution is -2.17. The van der Waals surface area contributed by atoms with Gasteiger partial charge in [-0.25, -0.2) is 9.97 Å². The second-order valence-electron chi connectivity index (χ2n) is 4.74. The third-order valence-corrected chi connectivity index (χ3v) is 3.11. The number of fused-ring (bicyclic) bond motifs is 1. The van der Waals surface area contributed by atoms with E-state index in [-0.39, 0.29) is 5.75 Å². The number of aromatic nitrogens is 3. The lowest BCUT2D eigenvalue weighted by atomic mass is 10.2. The van der Waals surface area contributed by atoms with E-state index in [0.29, 0.717) is 29.2 Å². The first-order valence-electron chi connectivity index (χ1n) is 6.63. The molecule has 0 N–H and O–H groups in total. The van der Waals surface area contributed by atoms with Gasteiger partial charge in [0.1, 0.15) is 18.2 Å². The van der Waals surface area contributed by atoms with E-state index >= 15 is 0 Å². The fourth-order valence-corrected chi connectivity index (χ4v) is 2.21. The van der Waals surface area contributed by atoms with E-state index in [1.807, 2.05) is 0 Å². The smallest absolute Gasteiger partial charge is 0.406 e. The highest BCUT2D eigenvalue weighted by molar-refractivity contribution is 5.82. The summed E-state index contributed by atoms with van der Waals surface area (Å²) in [4.78, 5) is 8.65. The van der Waals surface area contributed by atoms with Crippen molar-refractivity contribution in [3.8, 4) is 17.3 Å². The highest BCUT2D eigenvalue weighted by Gasteiger charge is 2.31. The number of alkyl halides is 3. The van der Waals surface area contributed by atoms with E-state index in [1.165, 1.54) is 18.2 Å². The largest absolute Gasteiger partial charge is 0.573 e. The molecule has 0 spiro atoms. The first kappa shape index (κ1) is 15.3. The van der Waals surface area contributed by atoms with Gasteiger partial charge >= 0.3 is 6.36 Å². The van der Waals surface area contributed by atoms with E-state index in [9.17, 15) is 13.2 Å². The van der Waals surface area contributed by atoms with Gasteiger partial charge in [0, 0.05) is 24.9 Å². The van der Waals surface area contributed by atoms with Crippen molar-refractivity contribution < 1.29 is 22.6 Å². The van der Waals surface area contributed by atoms with Gasteiger partial charge in [-0.05, 0) is 24.3 Å². The first-order chi connectivity index (χ1) is 11.0. The number of benzene rings is 1. The molecule has 0 saturated heterocycles. The highest BCUT2D eigenvalue weighted by atomic mass is 19.4. The van der Waals surface area contributed by atoms with Crippen molar-refractivity contribution in [2.45, 2.75) is 13.1 Å². The third-order valence-electron chi connectivity index (χ3n) is 3.11. The molecule has 0 unspecified atom stereocenters. The van der Waals surface area contributed by atoms with Crippen molar-refractivity contribution in [2.24, 2.45) is 0 Å². The van der Waals surface area contributed by atoms with Crippen molar-refractivity contribution in [3.63, 3.8) is 0 Å². The van der Waals surface area contributed by atoms with Crippen molar-refractivity contribution >= 4 is 10.9 Å². The predicted molar refractivity (Wildman–Crippen MR) is 76.7 cm³/mol. The fourth-order valence-electron chi connectivity index (χ4n) is 2.21. The molecule has 0 aliphatic carbocycles. The van der Waals surface area contributed by atoms with Crippen LogP contribution in [0.5, 0.6) is 5.75 Å². The van der Waals surface area contributed by atoms with Crippen LogP contribution in [-0.2, 0) is 11.5 Å². The maximum atomic E-state index is 12.2. The maximum Gasteiger partial charge on any atom is 0.573 e. The molecule has 0 saturated carbocycles. The lowest BCUT2D eigenvalue weighted by molar-refractivity contribution is -0.274. The third kappa shape index (κ3) is 3.42. The number of hydrogen-bond acceptors (Lipinski definition) is 4. The summed E-state index contributed by atoms with van der Waals surface area (Å²) >= 11 is 0. The van der Waals surface area contributed by atoms with E-state index in [2.05, 4.69) is 14.7 Å². The van der Waals surface area contributed by atoms with E-state index in [0.717, 1.165) is 0 Å². The summed E-state index contributed by atoms with van der Waals surface area (Å²) in [5.41, 5.74) is 1.15. The first-order valence-corrected chi connectivity index (χ1v) is 6.63. The molecule has 120 valence electrons. The second-order valence-corrected chi connectivity index (χ2v) is 4.74. The van der Waals surface area contributed by atoms with Crippen molar-refractivity contribution in [1.82, 2.24) is 14.5 Å². The Labute approximate surface area is 129 Å². The second kappa shape index (κ2) is 5.88. The Morgan fingerprint density at radius 1 is 1.17 bits per heavy atom. The Morgan fingerprint density at radius 2 is 2.00 bits per heavy atom. The van der Waals surface area contributed by atoms with Gasteiger partial charge in [-0.1, -0.05) is 6.07 Å². The Morgan fingerprint density at radius 3 is 2.74 bits per heavy atom. The van der Waals surface area contributed by atoms with Crippen molar-refractivity contribution in [3.05, 3.63) is 42.7 Å². The van der Waals surface area contributed by atoms with Crippen LogP contribution in [0.25, 0.3) is 22.4 Å². The Balaban J connectivity index is 1.96. The molecule has 0 fully saturated rings. The number of methoxy groups -OCH3 is 1. The molecule has 0 amide bonds. The number of rotatable bonds is 4. The van der Waals surface area contributed by atoms with Gasteiger partial charge in [0.05, 0.1) is 5.52 Å². The van der Waals surface area contributed by atoms with Crippen LogP contribution >= 0.6 is 0 Å². The summed E-state index contributed by atoms with van der Waals surface area (Å²) in [5, 5.41) is 0.542. The quantitative estimate of drug-likeness (QED) is 0.736. The van der Waals surface area contributed by atoms with Gasteiger partial charge in [0.25, 0.3) is 0 Å². The molecule has 23 heavy (non-hydrogen) atoms.